The van der Waals surface area contributed by atoms with Crippen LogP contribution in [-0.2, 0) is 20.9 Å². The van der Waals surface area contributed by atoms with Gasteiger partial charge in [-0.25, -0.2) is 4.39 Å². The van der Waals surface area contributed by atoms with E-state index in [1.54, 1.807) is 24.0 Å². The number of ether oxygens (including phenoxy) is 1. The molecule has 0 radical (unpaired) electrons. The highest BCUT2D eigenvalue weighted by Gasteiger charge is 2.43. The van der Waals surface area contributed by atoms with Crippen LogP contribution in [0.15, 0.2) is 54.6 Å². The normalized spacial score (nSPS) is 20.1. The van der Waals surface area contributed by atoms with E-state index >= 15 is 0 Å². The molecule has 0 aromatic heterocycles. The molecule has 2 atom stereocenters. The van der Waals surface area contributed by atoms with Crippen molar-refractivity contribution in [2.45, 2.75) is 25.8 Å². The van der Waals surface area contributed by atoms with Gasteiger partial charge in [0, 0.05) is 19.0 Å². The summed E-state index contributed by atoms with van der Waals surface area (Å²) in [5, 5.41) is 0. The smallest absolute Gasteiger partial charge is 0.319 e. The van der Waals surface area contributed by atoms with Crippen LogP contribution in [0.1, 0.15) is 30.4 Å². The molecule has 1 fully saturated rings. The molecule has 0 aliphatic carbocycles. The van der Waals surface area contributed by atoms with Crippen molar-refractivity contribution in [1.29, 1.82) is 0 Å². The van der Waals surface area contributed by atoms with Gasteiger partial charge < -0.3 is 9.64 Å². The molecule has 4 nitrogen and oxygen atoms in total. The lowest BCUT2D eigenvalue weighted by molar-refractivity contribution is -0.159. The largest absolute Gasteiger partial charge is 0.465 e. The van der Waals surface area contributed by atoms with E-state index in [1.807, 2.05) is 30.3 Å². The predicted molar refractivity (Wildman–Crippen MR) is 95.7 cm³/mol. The summed E-state index contributed by atoms with van der Waals surface area (Å²) in [7, 11) is 0. The number of esters is 1. The Bertz CT molecular complexity index is 761. The fourth-order valence-corrected chi connectivity index (χ4v) is 3.47. The van der Waals surface area contributed by atoms with Crippen LogP contribution in [-0.4, -0.2) is 29.9 Å². The van der Waals surface area contributed by atoms with E-state index in [1.165, 1.54) is 12.1 Å². The molecule has 136 valence electrons. The van der Waals surface area contributed by atoms with E-state index in [0.29, 0.717) is 19.5 Å². The second-order valence-corrected chi connectivity index (χ2v) is 6.42. The molecule has 1 heterocycles. The molecular formula is C21H22FNO3. The number of carbonyl (C=O) groups excluding carboxylic acids is 2. The second-order valence-electron chi connectivity index (χ2n) is 6.42. The summed E-state index contributed by atoms with van der Waals surface area (Å²) < 4.78 is 18.4. The zero-order chi connectivity index (χ0) is 18.5. The van der Waals surface area contributed by atoms with Gasteiger partial charge in [0.15, 0.2) is 0 Å². The van der Waals surface area contributed by atoms with Crippen molar-refractivity contribution in [3.63, 3.8) is 0 Å². The zero-order valence-electron chi connectivity index (χ0n) is 14.7. The van der Waals surface area contributed by atoms with Crippen LogP contribution in [0.3, 0.4) is 0 Å². The third kappa shape index (κ3) is 3.93. The van der Waals surface area contributed by atoms with E-state index in [2.05, 4.69) is 0 Å². The minimum atomic E-state index is -0.891. The summed E-state index contributed by atoms with van der Waals surface area (Å²) in [4.78, 5) is 27.3. The van der Waals surface area contributed by atoms with E-state index in [-0.39, 0.29) is 24.2 Å². The van der Waals surface area contributed by atoms with Gasteiger partial charge in [-0.2, -0.15) is 0 Å². The Hall–Kier alpha value is -2.69. The summed E-state index contributed by atoms with van der Waals surface area (Å²) in [6.45, 7) is 2.95. The molecule has 0 N–H and O–H groups in total. The van der Waals surface area contributed by atoms with Crippen molar-refractivity contribution < 1.29 is 18.7 Å². The van der Waals surface area contributed by atoms with Crippen LogP contribution < -0.4 is 0 Å². The van der Waals surface area contributed by atoms with Crippen LogP contribution in [0.5, 0.6) is 0 Å². The van der Waals surface area contributed by atoms with Crippen molar-refractivity contribution in [2.75, 3.05) is 13.2 Å². The highest BCUT2D eigenvalue weighted by molar-refractivity contribution is 5.99. The Balaban J connectivity index is 1.85. The molecule has 1 amide bonds. The lowest BCUT2D eigenvalue weighted by Gasteiger charge is -2.37. The summed E-state index contributed by atoms with van der Waals surface area (Å²) in [6, 6.07) is 15.7. The van der Waals surface area contributed by atoms with Crippen molar-refractivity contribution in [1.82, 2.24) is 4.90 Å². The quantitative estimate of drug-likeness (QED) is 0.609. The molecular weight excluding hydrogens is 333 g/mol. The molecule has 0 bridgehead atoms. The summed E-state index contributed by atoms with van der Waals surface area (Å²) in [5.74, 6) is -2.27. The second kappa shape index (κ2) is 8.13. The van der Waals surface area contributed by atoms with Crippen LogP contribution in [0.2, 0.25) is 0 Å². The van der Waals surface area contributed by atoms with Gasteiger partial charge in [-0.05, 0) is 36.6 Å². The highest BCUT2D eigenvalue weighted by atomic mass is 19.1. The minimum absolute atomic E-state index is 0.220. The Morgan fingerprint density at radius 2 is 1.85 bits per heavy atom. The topological polar surface area (TPSA) is 46.6 Å². The Morgan fingerprint density at radius 3 is 2.50 bits per heavy atom. The van der Waals surface area contributed by atoms with E-state index in [4.69, 9.17) is 4.74 Å². The first kappa shape index (κ1) is 18.1. The number of hydrogen-bond donors (Lipinski definition) is 0. The maximum Gasteiger partial charge on any atom is 0.319 e. The number of benzene rings is 2. The number of carbonyl (C=O) groups is 2. The highest BCUT2D eigenvalue weighted by Crippen LogP contribution is 2.35. The van der Waals surface area contributed by atoms with Gasteiger partial charge in [-0.15, -0.1) is 0 Å². The van der Waals surface area contributed by atoms with E-state index in [0.717, 1.165) is 11.1 Å². The van der Waals surface area contributed by atoms with Crippen LogP contribution in [0.4, 0.5) is 4.39 Å². The maximum atomic E-state index is 13.2. The number of piperidine rings is 1. The molecule has 3 rings (SSSR count). The number of amides is 1. The zero-order valence-corrected chi connectivity index (χ0v) is 14.7. The number of nitrogens with zero attached hydrogens (tertiary/aromatic N) is 1. The first-order valence-electron chi connectivity index (χ1n) is 8.85. The molecule has 5 heteroatoms. The molecule has 0 spiro atoms. The van der Waals surface area contributed by atoms with E-state index < -0.39 is 11.9 Å². The molecule has 1 aliphatic heterocycles. The predicted octanol–water partition coefficient (Wildman–Crippen LogP) is 3.52. The average molecular weight is 355 g/mol. The number of likely N-dealkylation sites (tertiary alicyclic amines) is 1. The SMILES string of the molecule is CCOC(=O)C1C(=O)N(Cc2ccccc2)CCC1c1ccc(F)cc1. The van der Waals surface area contributed by atoms with Crippen molar-refractivity contribution in [3.05, 3.63) is 71.5 Å². The van der Waals surface area contributed by atoms with Gasteiger partial charge in [0.2, 0.25) is 5.91 Å². The average Bonchev–Trinajstić information content (AvgIpc) is 2.65. The number of hydrogen-bond acceptors (Lipinski definition) is 3. The fourth-order valence-electron chi connectivity index (χ4n) is 3.47. The van der Waals surface area contributed by atoms with Gasteiger partial charge in [0.25, 0.3) is 0 Å². The van der Waals surface area contributed by atoms with Crippen molar-refractivity contribution >= 4 is 11.9 Å². The van der Waals surface area contributed by atoms with Gasteiger partial charge in [0.05, 0.1) is 6.61 Å². The molecule has 26 heavy (non-hydrogen) atoms. The Labute approximate surface area is 152 Å². The van der Waals surface area contributed by atoms with Crippen LogP contribution in [0, 0.1) is 11.7 Å². The summed E-state index contributed by atoms with van der Waals surface area (Å²) >= 11 is 0. The standard InChI is InChI=1S/C21H22FNO3/c1-2-26-21(25)19-18(16-8-10-17(22)11-9-16)12-13-23(20(19)24)14-15-6-4-3-5-7-15/h3-11,18-19H,2,12-14H2,1H3. The molecule has 0 saturated carbocycles. The minimum Gasteiger partial charge on any atom is -0.465 e. The third-order valence-corrected chi connectivity index (χ3v) is 4.75. The van der Waals surface area contributed by atoms with Gasteiger partial charge in [-0.3, -0.25) is 9.59 Å². The molecule has 1 saturated heterocycles. The fraction of sp³-hybridized carbons (Fsp3) is 0.333. The van der Waals surface area contributed by atoms with Gasteiger partial charge in [-0.1, -0.05) is 42.5 Å². The molecule has 1 aliphatic rings. The Morgan fingerprint density at radius 1 is 1.15 bits per heavy atom. The van der Waals surface area contributed by atoms with Gasteiger partial charge >= 0.3 is 5.97 Å². The number of halogens is 1. The van der Waals surface area contributed by atoms with Crippen LogP contribution in [0.25, 0.3) is 0 Å². The van der Waals surface area contributed by atoms with Crippen molar-refractivity contribution in [3.8, 4) is 0 Å². The monoisotopic (exact) mass is 355 g/mol. The number of rotatable bonds is 5. The third-order valence-electron chi connectivity index (χ3n) is 4.75. The summed E-state index contributed by atoms with van der Waals surface area (Å²) in [6.07, 6.45) is 0.633. The van der Waals surface area contributed by atoms with Gasteiger partial charge in [0.1, 0.15) is 11.7 Å². The van der Waals surface area contributed by atoms with E-state index in [9.17, 15) is 14.0 Å². The molecule has 2 aromatic rings. The lowest BCUT2D eigenvalue weighted by atomic mass is 9.79. The lowest BCUT2D eigenvalue weighted by Crippen LogP contribution is -2.47. The summed E-state index contributed by atoms with van der Waals surface area (Å²) in [5.41, 5.74) is 1.81. The Kier molecular flexibility index (Phi) is 5.66. The molecule has 2 aromatic carbocycles. The first-order valence-corrected chi connectivity index (χ1v) is 8.85. The molecule has 2 unspecified atom stereocenters. The van der Waals surface area contributed by atoms with Crippen LogP contribution >= 0.6 is 0 Å². The van der Waals surface area contributed by atoms with Crippen molar-refractivity contribution in [2.24, 2.45) is 5.92 Å². The first-order chi connectivity index (χ1) is 12.6. The maximum absolute atomic E-state index is 13.2.